The van der Waals surface area contributed by atoms with E-state index in [1.54, 1.807) is 0 Å². The first-order valence-corrected chi connectivity index (χ1v) is 25.6. The Labute approximate surface area is 420 Å². The third-order valence-electron chi connectivity index (χ3n) is 16.3. The van der Waals surface area contributed by atoms with Crippen molar-refractivity contribution in [1.29, 1.82) is 0 Å². The molecule has 0 amide bonds. The molecule has 0 N–H and O–H groups in total. The van der Waals surface area contributed by atoms with Crippen LogP contribution in [-0.2, 0) is 16.2 Å². The average molecular weight is 918 g/mol. The molecule has 346 valence electrons. The highest BCUT2D eigenvalue weighted by Gasteiger charge is 2.46. The smallest absolute Gasteiger partial charge is 0.252 e. The van der Waals surface area contributed by atoms with Crippen molar-refractivity contribution in [3.8, 4) is 27.9 Å². The molecule has 0 spiro atoms. The lowest BCUT2D eigenvalue weighted by atomic mass is 9.33. The molecule has 3 nitrogen and oxygen atoms in total. The molecule has 71 heavy (non-hydrogen) atoms. The molecule has 0 saturated heterocycles. The van der Waals surface area contributed by atoms with Crippen LogP contribution in [0.5, 0.6) is 0 Å². The van der Waals surface area contributed by atoms with Gasteiger partial charge in [-0.1, -0.05) is 183 Å². The first-order valence-electron chi connectivity index (χ1n) is 25.6. The molecule has 0 atom stereocenters. The van der Waals surface area contributed by atoms with Crippen LogP contribution >= 0.6 is 0 Å². The van der Waals surface area contributed by atoms with E-state index in [-0.39, 0.29) is 23.0 Å². The van der Waals surface area contributed by atoms with Gasteiger partial charge in [-0.15, -0.1) is 0 Å². The maximum Gasteiger partial charge on any atom is 0.252 e. The van der Waals surface area contributed by atoms with Crippen molar-refractivity contribution < 1.29 is 0 Å². The van der Waals surface area contributed by atoms with E-state index in [0.29, 0.717) is 0 Å². The Hall–Kier alpha value is -7.56. The summed E-state index contributed by atoms with van der Waals surface area (Å²) in [6.45, 7) is 23.3. The van der Waals surface area contributed by atoms with E-state index in [9.17, 15) is 0 Å². The van der Waals surface area contributed by atoms with E-state index in [4.69, 9.17) is 0 Å². The summed E-state index contributed by atoms with van der Waals surface area (Å²) in [5, 5.41) is 2.55. The van der Waals surface area contributed by atoms with Crippen LogP contribution in [-0.4, -0.2) is 11.3 Å². The number of nitrogens with zero attached hydrogens (tertiary/aromatic N) is 3. The average Bonchev–Trinajstić information content (AvgIpc) is 3.81. The summed E-state index contributed by atoms with van der Waals surface area (Å²) in [4.78, 5) is 5.28. The van der Waals surface area contributed by atoms with Gasteiger partial charge >= 0.3 is 0 Å². The fraction of sp³-hybridized carbons (Fsp3) is 0.194. The third-order valence-corrected chi connectivity index (χ3v) is 16.3. The highest BCUT2D eigenvalue weighted by molar-refractivity contribution is 7.00. The maximum atomic E-state index is 2.65. The molecule has 2 aliphatic heterocycles. The standard InChI is InChI=1S/C67H60BN3/c1-41-35-46(66(6,7)8)36-42(2)64(41)71-58-30-20-29-57-63(58)68(53-33-31-44(37-60(53)71)43-21-13-11-14-22-43)54-39-50-49-38-45(65(3,4)5)32-34-55(49)69(47-23-15-12-16-24-47)59(50)40-61(54)70(57)56-28-19-27-52-62(56)48-25-17-18-26-51(48)67(52,9)10/h11-40H,1-10H3. The van der Waals surface area contributed by atoms with Crippen molar-refractivity contribution in [2.75, 3.05) is 9.80 Å². The van der Waals surface area contributed by atoms with Gasteiger partial charge in [0.2, 0.25) is 0 Å². The lowest BCUT2D eigenvalue weighted by Gasteiger charge is -2.45. The molecule has 0 fully saturated rings. The molecule has 0 saturated carbocycles. The van der Waals surface area contributed by atoms with Gasteiger partial charge in [0.25, 0.3) is 6.71 Å². The molecular formula is C67H60BN3. The zero-order valence-corrected chi connectivity index (χ0v) is 42.7. The second kappa shape index (κ2) is 15.2. The van der Waals surface area contributed by atoms with Crippen molar-refractivity contribution in [3.05, 3.63) is 215 Å². The summed E-state index contributed by atoms with van der Waals surface area (Å²) >= 11 is 0. The quantitative estimate of drug-likeness (QED) is 0.163. The predicted molar refractivity (Wildman–Crippen MR) is 305 cm³/mol. The first-order chi connectivity index (χ1) is 34.1. The van der Waals surface area contributed by atoms with E-state index in [2.05, 4.69) is 266 Å². The third kappa shape index (κ3) is 6.36. The number of anilines is 6. The lowest BCUT2D eigenvalue weighted by Crippen LogP contribution is -2.61. The number of hydrogen-bond acceptors (Lipinski definition) is 2. The Balaban J connectivity index is 1.18. The number of rotatable bonds is 4. The SMILES string of the molecule is Cc1cc(C(C)(C)C)cc(C)c1N1c2cc(-c3ccccc3)ccc2B2c3cc4c5cc(C(C)(C)C)ccc5n(-c5ccccc5)c4cc3N(c3cccc4c3-c3ccccc3C4(C)C)c3cccc1c32. The van der Waals surface area contributed by atoms with Crippen LogP contribution < -0.4 is 26.2 Å². The summed E-state index contributed by atoms with van der Waals surface area (Å²) < 4.78 is 2.50. The van der Waals surface area contributed by atoms with E-state index in [0.717, 1.165) is 5.69 Å². The molecule has 3 aliphatic rings. The Morgan fingerprint density at radius 2 is 1.04 bits per heavy atom. The summed E-state index contributed by atoms with van der Waals surface area (Å²) in [7, 11) is 0. The fourth-order valence-corrected chi connectivity index (χ4v) is 12.7. The van der Waals surface area contributed by atoms with Crippen LogP contribution in [0, 0.1) is 13.8 Å². The molecule has 9 aromatic carbocycles. The first kappa shape index (κ1) is 43.5. The Bertz CT molecular complexity index is 3820. The van der Waals surface area contributed by atoms with Crippen LogP contribution in [0.25, 0.3) is 49.7 Å². The molecule has 0 unspecified atom stereocenters. The largest absolute Gasteiger partial charge is 0.311 e. The second-order valence-electron chi connectivity index (χ2n) is 23.1. The van der Waals surface area contributed by atoms with Gasteiger partial charge < -0.3 is 14.4 Å². The Morgan fingerprint density at radius 3 is 1.76 bits per heavy atom. The van der Waals surface area contributed by atoms with Gasteiger partial charge in [0.1, 0.15) is 0 Å². The second-order valence-corrected chi connectivity index (χ2v) is 23.1. The monoisotopic (exact) mass is 917 g/mol. The van der Waals surface area contributed by atoms with Crippen molar-refractivity contribution in [2.24, 2.45) is 0 Å². The van der Waals surface area contributed by atoms with Crippen molar-refractivity contribution in [2.45, 2.75) is 85.5 Å². The number of benzene rings is 9. The fourth-order valence-electron chi connectivity index (χ4n) is 12.7. The molecule has 13 rings (SSSR count). The molecule has 1 aliphatic carbocycles. The van der Waals surface area contributed by atoms with Gasteiger partial charge in [-0.05, 0) is 146 Å². The molecular weight excluding hydrogens is 858 g/mol. The topological polar surface area (TPSA) is 11.4 Å². The number of hydrogen-bond donors (Lipinski definition) is 0. The normalized spacial score (nSPS) is 14.4. The highest BCUT2D eigenvalue weighted by atomic mass is 15.2. The van der Waals surface area contributed by atoms with Gasteiger partial charge in [0.15, 0.2) is 0 Å². The minimum atomic E-state index is -0.159. The summed E-state index contributed by atoms with van der Waals surface area (Å²) in [6, 6.07) is 69.6. The number of aromatic nitrogens is 1. The zero-order valence-electron chi connectivity index (χ0n) is 42.7. The van der Waals surface area contributed by atoms with Crippen LogP contribution in [0.1, 0.15) is 88.8 Å². The van der Waals surface area contributed by atoms with Crippen LogP contribution in [0.4, 0.5) is 34.1 Å². The van der Waals surface area contributed by atoms with E-state index in [1.165, 1.54) is 128 Å². The number of fused-ring (bicyclic) bond motifs is 10. The molecule has 4 heteroatoms. The van der Waals surface area contributed by atoms with E-state index < -0.39 is 0 Å². The van der Waals surface area contributed by atoms with E-state index in [1.807, 2.05) is 0 Å². The van der Waals surface area contributed by atoms with Gasteiger partial charge in [-0.3, -0.25) is 0 Å². The zero-order chi connectivity index (χ0) is 48.9. The highest BCUT2D eigenvalue weighted by Crippen LogP contribution is 2.56. The predicted octanol–water partition coefficient (Wildman–Crippen LogP) is 16.1. The van der Waals surface area contributed by atoms with Crippen LogP contribution in [0.3, 0.4) is 0 Å². The van der Waals surface area contributed by atoms with Crippen molar-refractivity contribution >= 4 is 79.0 Å². The Morgan fingerprint density at radius 1 is 0.437 bits per heavy atom. The lowest BCUT2D eigenvalue weighted by molar-refractivity contribution is 0.589. The summed E-state index contributed by atoms with van der Waals surface area (Å²) in [5.41, 5.74) is 27.8. The van der Waals surface area contributed by atoms with Crippen LogP contribution in [0.15, 0.2) is 182 Å². The summed E-state index contributed by atoms with van der Waals surface area (Å²) in [5.74, 6) is 0. The molecule has 0 radical (unpaired) electrons. The van der Waals surface area contributed by atoms with Crippen molar-refractivity contribution in [1.82, 2.24) is 4.57 Å². The molecule has 1 aromatic heterocycles. The van der Waals surface area contributed by atoms with E-state index >= 15 is 0 Å². The maximum absolute atomic E-state index is 2.65. The Kier molecular flexibility index (Phi) is 9.32. The molecule has 10 aromatic rings. The summed E-state index contributed by atoms with van der Waals surface area (Å²) in [6.07, 6.45) is 0. The van der Waals surface area contributed by atoms with Gasteiger partial charge in [-0.2, -0.15) is 0 Å². The number of para-hydroxylation sites is 1. The van der Waals surface area contributed by atoms with Gasteiger partial charge in [0, 0.05) is 50.2 Å². The minimum Gasteiger partial charge on any atom is -0.311 e. The van der Waals surface area contributed by atoms with Crippen LogP contribution in [0.2, 0.25) is 0 Å². The van der Waals surface area contributed by atoms with Gasteiger partial charge in [-0.25, -0.2) is 0 Å². The van der Waals surface area contributed by atoms with Crippen molar-refractivity contribution in [3.63, 3.8) is 0 Å². The van der Waals surface area contributed by atoms with Gasteiger partial charge in [0.05, 0.1) is 22.4 Å². The molecule has 3 heterocycles. The number of aryl methyl sites for hydroxylation is 2. The minimum absolute atomic E-state index is 0.0152. The molecule has 0 bridgehead atoms.